The minimum absolute atomic E-state index is 0. The summed E-state index contributed by atoms with van der Waals surface area (Å²) in [5.74, 6) is -10.4. The van der Waals surface area contributed by atoms with E-state index in [-0.39, 0.29) is 140 Å². The number of hydrogen-bond acceptors (Lipinski definition) is 21. The number of sulfonamides is 1. The van der Waals surface area contributed by atoms with E-state index >= 15 is 13.4 Å². The van der Waals surface area contributed by atoms with Gasteiger partial charge in [-0.25, -0.2) is 35.6 Å². The fourth-order valence-corrected chi connectivity index (χ4v) is 19.7. The zero-order valence-electron chi connectivity index (χ0n) is 70.9. The summed E-state index contributed by atoms with van der Waals surface area (Å²) in [5, 5.41) is 43.1. The van der Waals surface area contributed by atoms with Crippen molar-refractivity contribution in [3.05, 3.63) is 167 Å². The molecular weight excluding hydrogens is 1720 g/mol. The summed E-state index contributed by atoms with van der Waals surface area (Å²) in [7, 11) is -7.86. The Hall–Kier alpha value is -11.2. The first-order chi connectivity index (χ1) is 60.1. The number of carboxylic acids is 3. The maximum absolute atomic E-state index is 16.2. The van der Waals surface area contributed by atoms with Gasteiger partial charge < -0.3 is 78.6 Å². The number of aryl methyl sites for hydroxylation is 2. The number of fused-ring (bicyclic) bond motifs is 4. The summed E-state index contributed by atoms with van der Waals surface area (Å²) in [4.78, 5) is 148. The molecule has 2 aliphatic rings. The van der Waals surface area contributed by atoms with Crippen molar-refractivity contribution in [3.63, 3.8) is 0 Å². The number of benzene rings is 5. The highest BCUT2D eigenvalue weighted by molar-refractivity contribution is 8.76. The standard InChI is InChI=1S/C88H107BF2N10O21S4.CH4/c1-7-98(8-2)63-30-35-68-77(51-63)122-78-52-64(99(9-3)10-4)31-36-69(78)84(68)70-37-34-67(53-79(70)126(118,119)120)125(116,117)93-43-44-123-124-54-61(86(111)112)49-75(104)71(26-19-20-42-92-80(106)39-32-62-28-29-65-50-74-56(5)45-57(6)100(74)89(90,91)101(62)65)95-85(110)60(46-58-21-13-11-14-22-58)48-76(105)73(47-59-23-15-12-16-24-59)94-81(107)27-18-17-25-66(103)33-38-72(87(113)114)96-88(115)97-82(121-55-102)40-41-83(108)109;/h11-16,21-24,28-31,34-37,45,50-53,55,60-61,71-73,82,93H,7-10,17-20,25-27,32-33,38-44,46-49,54H2,1-6H3,(H8-,92,94,95,96,97,106,107,108,109,110,111,112,113,114,115,118,119,120);1H4/t60-,61?,71?,72+,73+,82-;/m1./s1. The number of amides is 5. The van der Waals surface area contributed by atoms with Gasteiger partial charge in [0.05, 0.1) is 57.1 Å². The molecule has 0 radical (unpaired) electrons. The fraction of sp³-hybridized carbons (Fsp3) is 0.427. The predicted molar refractivity (Wildman–Crippen MR) is 483 cm³/mol. The van der Waals surface area contributed by atoms with Gasteiger partial charge >= 0.3 is 42.1 Å². The average molecular weight is 1830 g/mol. The van der Waals surface area contributed by atoms with Gasteiger partial charge in [-0.1, -0.05) is 95.7 Å². The molecule has 0 spiro atoms. The van der Waals surface area contributed by atoms with Gasteiger partial charge in [-0.05, 0) is 158 Å². The highest BCUT2D eigenvalue weighted by Crippen LogP contribution is 2.43. The van der Waals surface area contributed by atoms with Crippen molar-refractivity contribution >= 4 is 159 Å². The highest BCUT2D eigenvalue weighted by atomic mass is 33.1. The molecule has 5 amide bonds. The maximum Gasteiger partial charge on any atom is 0.737 e. The topological polar surface area (TPSA) is 447 Å². The Labute approximate surface area is 745 Å². The molecule has 127 heavy (non-hydrogen) atoms. The number of carbonyl (C=O) groups is 11. The second kappa shape index (κ2) is 47.6. The van der Waals surface area contributed by atoms with E-state index in [1.807, 2.05) is 52.0 Å². The smallest absolute Gasteiger partial charge is 0.737 e. The minimum atomic E-state index is -5.39. The maximum atomic E-state index is 16.2. The molecule has 7 aromatic rings. The summed E-state index contributed by atoms with van der Waals surface area (Å²) < 4.78 is 116. The van der Waals surface area contributed by atoms with Crippen LogP contribution in [0.3, 0.4) is 0 Å². The number of urea groups is 1. The second-order valence-corrected chi connectivity index (χ2v) is 36.5. The number of allylic oxidation sites excluding steroid dienone is 2. The van der Waals surface area contributed by atoms with E-state index in [4.69, 9.17) is 9.52 Å². The lowest BCUT2D eigenvalue weighted by atomic mass is 9.88. The second-order valence-electron chi connectivity index (χ2n) is 30.8. The molecule has 0 fully saturated rings. The Bertz CT molecular complexity index is 5410. The number of unbranched alkanes of at least 4 members (excludes halogenated alkanes) is 2. The number of carboxylic acid groups (broad SMARTS) is 3. The van der Waals surface area contributed by atoms with Crippen LogP contribution in [0, 0.1) is 25.7 Å². The Balaban J connectivity index is 0.0000200. The number of aromatic nitrogens is 1. The van der Waals surface area contributed by atoms with Crippen molar-refractivity contribution < 1.29 is 112 Å². The molecule has 9 rings (SSSR count). The van der Waals surface area contributed by atoms with Crippen LogP contribution < -0.4 is 41.1 Å². The average Bonchev–Trinajstić information content (AvgIpc) is 1.15. The van der Waals surface area contributed by atoms with E-state index in [0.29, 0.717) is 87.5 Å². The quantitative estimate of drug-likeness (QED) is 0.00250. The molecule has 0 bridgehead atoms. The molecular formula is C89H111BF2N10O21S4. The first-order valence-electron chi connectivity index (χ1n) is 41.9. The summed E-state index contributed by atoms with van der Waals surface area (Å²) in [5.41, 5.74) is 5.99. The molecule has 4 heterocycles. The molecule has 9 N–H and O–H groups in total. The number of ketones is 3. The lowest BCUT2D eigenvalue weighted by Crippen LogP contribution is -2.50. The fourth-order valence-electron chi connectivity index (χ4n) is 15.5. The minimum Gasteiger partial charge on any atom is -0.744 e. The third kappa shape index (κ3) is 28.2. The van der Waals surface area contributed by atoms with Gasteiger partial charge in [-0.2, -0.15) is 0 Å². The number of Topliss-reactive ketones (excluding diaryl/α,β-unsaturated/α-hetero) is 3. The normalized spacial score (nSPS) is 14.2. The number of nitrogens with zero attached hydrogens (tertiary/aromatic N) is 4. The number of nitrogens with one attached hydrogen (secondary N) is 6. The van der Waals surface area contributed by atoms with Crippen molar-refractivity contribution in [1.82, 2.24) is 35.8 Å². The monoisotopic (exact) mass is 1830 g/mol. The summed E-state index contributed by atoms with van der Waals surface area (Å²) in [6, 6.07) is 27.9. The number of halogens is 2. The van der Waals surface area contributed by atoms with Gasteiger partial charge in [0.25, 0.3) is 6.47 Å². The van der Waals surface area contributed by atoms with Gasteiger partial charge in [0.2, 0.25) is 27.7 Å². The molecule has 684 valence electrons. The lowest BCUT2D eigenvalue weighted by Gasteiger charge is -2.30. The van der Waals surface area contributed by atoms with E-state index in [1.54, 1.807) is 111 Å². The molecule has 2 unspecified atom stereocenters. The van der Waals surface area contributed by atoms with Crippen LogP contribution >= 0.6 is 21.6 Å². The van der Waals surface area contributed by atoms with Crippen molar-refractivity contribution in [2.45, 2.75) is 192 Å². The van der Waals surface area contributed by atoms with Crippen molar-refractivity contribution in [2.24, 2.45) is 11.8 Å². The summed E-state index contributed by atoms with van der Waals surface area (Å²) >= 11 is 0. The Kier molecular flexibility index (Phi) is 37.9. The summed E-state index contributed by atoms with van der Waals surface area (Å²) in [6.45, 7) is 9.53. The van der Waals surface area contributed by atoms with Gasteiger partial charge in [-0.15, -0.1) is 0 Å². The zero-order valence-corrected chi connectivity index (χ0v) is 74.2. The number of anilines is 2. The van der Waals surface area contributed by atoms with Crippen LogP contribution in [0.25, 0.3) is 39.1 Å². The van der Waals surface area contributed by atoms with E-state index in [0.717, 1.165) is 48.0 Å². The molecule has 31 nitrogen and oxygen atoms in total. The third-order valence-corrected chi connectivity index (χ3v) is 26.9. The van der Waals surface area contributed by atoms with Crippen LogP contribution in [0.4, 0.5) is 24.8 Å². The van der Waals surface area contributed by atoms with Crippen molar-refractivity contribution in [3.8, 4) is 11.1 Å². The zero-order chi connectivity index (χ0) is 91.6. The number of ether oxygens (including phenoxy) is 1. The Morgan fingerprint density at radius 3 is 1.84 bits per heavy atom. The molecule has 0 saturated carbocycles. The lowest BCUT2D eigenvalue weighted by molar-refractivity contribution is -0.362. The van der Waals surface area contributed by atoms with Crippen LogP contribution in [0.5, 0.6) is 0 Å². The van der Waals surface area contributed by atoms with E-state index in [9.17, 15) is 79.5 Å². The van der Waals surface area contributed by atoms with E-state index < -0.39 is 151 Å². The molecule has 5 aromatic carbocycles. The van der Waals surface area contributed by atoms with Crippen LogP contribution in [0.1, 0.15) is 160 Å². The first-order valence-corrected chi connectivity index (χ1v) is 47.2. The summed E-state index contributed by atoms with van der Waals surface area (Å²) in [6.07, 6.45) is 0.862. The van der Waals surface area contributed by atoms with Gasteiger partial charge in [0, 0.05) is 154 Å². The van der Waals surface area contributed by atoms with E-state index in [2.05, 4.69) is 45.8 Å². The molecule has 6 atom stereocenters. The SMILES string of the molecule is C.CCN(CC)c1ccc2c(-c3ccc(S(=O)(=O)NCCSSCC(CC(=O)C(CCCCNC(=O)CCC4=[N+]5C(=Cc6c(C)cc(C)n6[B-]5(F)F)C=C4)NC(=O)[C@@H](CC(=O)[C@H](Cc4ccccc4)NC(=O)CCCCC(=O)CC[C@H](NC(=O)N[C@@H](CCC(=O)O)OC=O)C(=O)O)Cc4ccccc4)C(=O)O)cc3S(=O)(=O)[O-])c3ccc(N(CC)CC)cc3[o+]c2c1. The largest absolute Gasteiger partial charge is 0.744 e. The first kappa shape index (κ1) is 101. The number of aliphatic carboxylic acids is 3. The van der Waals surface area contributed by atoms with E-state index in [1.165, 1.54) is 12.1 Å². The van der Waals surface area contributed by atoms with Crippen LogP contribution in [0.15, 0.2) is 153 Å². The molecule has 0 aliphatic carbocycles. The number of rotatable bonds is 54. The van der Waals surface area contributed by atoms with Gasteiger partial charge in [0.1, 0.15) is 27.7 Å². The molecule has 0 saturated heterocycles. The van der Waals surface area contributed by atoms with Crippen LogP contribution in [0.2, 0.25) is 0 Å². The Morgan fingerprint density at radius 2 is 1.24 bits per heavy atom. The van der Waals surface area contributed by atoms with Crippen LogP contribution in [-0.2, 0) is 85.7 Å². The number of carbonyl (C=O) groups excluding carboxylic acids is 8. The van der Waals surface area contributed by atoms with Gasteiger partial charge in [-0.3, -0.25) is 43.2 Å². The molecule has 38 heteroatoms. The third-order valence-electron chi connectivity index (χ3n) is 22.0. The Morgan fingerprint density at radius 1 is 0.630 bits per heavy atom. The predicted octanol–water partition coefficient (Wildman–Crippen LogP) is 11.9. The van der Waals surface area contributed by atoms with Crippen molar-refractivity contribution in [2.75, 3.05) is 60.6 Å². The molecule has 2 aliphatic heterocycles. The van der Waals surface area contributed by atoms with Crippen molar-refractivity contribution in [1.29, 1.82) is 0 Å². The highest BCUT2D eigenvalue weighted by Gasteiger charge is 2.52. The number of hydrogen-bond donors (Lipinski definition) is 9. The van der Waals surface area contributed by atoms with Gasteiger partial charge in [0.15, 0.2) is 23.5 Å². The molecule has 2 aromatic heterocycles. The van der Waals surface area contributed by atoms with Crippen LogP contribution in [-0.4, -0.2) is 199 Å².